The molecule has 0 aromatic rings. The zero-order chi connectivity index (χ0) is 24.4. The number of rotatable bonds is 24. The standard InChI is InChI=1S/C28H52O5/c1-3-5-7-9-11-12-13-14-15-17-19-21-23-28(31)33-26(24-29)25-32-27(30)22-20-18-16-10-8-6-4-2/h11-12,26,29H,3-10,13-25H2,1-2H3/b12-11+/t26-/m0/s1. The Balaban J connectivity index is 3.63. The second-order valence-corrected chi connectivity index (χ2v) is 9.12. The van der Waals surface area contributed by atoms with E-state index in [0.717, 1.165) is 44.9 Å². The van der Waals surface area contributed by atoms with Crippen LogP contribution in [0.4, 0.5) is 0 Å². The number of esters is 2. The van der Waals surface area contributed by atoms with E-state index in [4.69, 9.17) is 9.47 Å². The van der Waals surface area contributed by atoms with E-state index in [2.05, 4.69) is 26.0 Å². The van der Waals surface area contributed by atoms with Crippen LogP contribution < -0.4 is 0 Å². The van der Waals surface area contributed by atoms with Crippen molar-refractivity contribution in [3.05, 3.63) is 12.2 Å². The molecule has 0 unspecified atom stereocenters. The molecule has 0 aromatic carbocycles. The van der Waals surface area contributed by atoms with Gasteiger partial charge in [-0.15, -0.1) is 0 Å². The Bertz CT molecular complexity index is 475. The van der Waals surface area contributed by atoms with Crippen molar-refractivity contribution in [2.24, 2.45) is 0 Å². The predicted molar refractivity (Wildman–Crippen MR) is 136 cm³/mol. The van der Waals surface area contributed by atoms with Gasteiger partial charge in [-0.05, 0) is 38.5 Å². The SMILES string of the molecule is CCCCC/C=C/CCCCCCCC(=O)O[C@@H](CO)COC(=O)CCCCCCCCC. The van der Waals surface area contributed by atoms with Crippen molar-refractivity contribution in [1.29, 1.82) is 0 Å². The minimum absolute atomic E-state index is 0.0659. The van der Waals surface area contributed by atoms with E-state index in [0.29, 0.717) is 12.8 Å². The van der Waals surface area contributed by atoms with Crippen molar-refractivity contribution in [1.82, 2.24) is 0 Å². The summed E-state index contributed by atoms with van der Waals surface area (Å²) >= 11 is 0. The molecular weight excluding hydrogens is 416 g/mol. The largest absolute Gasteiger partial charge is 0.462 e. The number of hydrogen-bond donors (Lipinski definition) is 1. The molecule has 0 aromatic heterocycles. The number of aliphatic hydroxyl groups is 1. The number of ether oxygens (including phenoxy) is 2. The molecule has 0 saturated carbocycles. The summed E-state index contributed by atoms with van der Waals surface area (Å²) in [5.74, 6) is -0.610. The molecule has 33 heavy (non-hydrogen) atoms. The van der Waals surface area contributed by atoms with Gasteiger partial charge in [0.05, 0.1) is 6.61 Å². The Kier molecular flexibility index (Phi) is 24.2. The molecule has 0 fully saturated rings. The maximum absolute atomic E-state index is 12.0. The van der Waals surface area contributed by atoms with Crippen LogP contribution in [0.25, 0.3) is 0 Å². The molecule has 1 atom stereocenters. The Labute approximate surface area is 203 Å². The van der Waals surface area contributed by atoms with Crippen LogP contribution in [-0.4, -0.2) is 36.4 Å². The first kappa shape index (κ1) is 31.6. The van der Waals surface area contributed by atoms with E-state index in [1.54, 1.807) is 0 Å². The normalized spacial score (nSPS) is 12.2. The summed E-state index contributed by atoms with van der Waals surface area (Å²) in [6, 6.07) is 0. The van der Waals surface area contributed by atoms with Crippen LogP contribution in [0.1, 0.15) is 136 Å². The highest BCUT2D eigenvalue weighted by atomic mass is 16.6. The minimum atomic E-state index is -0.764. The van der Waals surface area contributed by atoms with Crippen molar-refractivity contribution < 1.29 is 24.2 Å². The first-order valence-electron chi connectivity index (χ1n) is 13.7. The molecule has 194 valence electrons. The molecule has 0 amide bonds. The molecule has 0 aliphatic carbocycles. The molecular formula is C28H52O5. The number of unbranched alkanes of at least 4 members (excludes halogenated alkanes) is 14. The van der Waals surface area contributed by atoms with Gasteiger partial charge >= 0.3 is 11.9 Å². The summed E-state index contributed by atoms with van der Waals surface area (Å²) in [5.41, 5.74) is 0. The van der Waals surface area contributed by atoms with Gasteiger partial charge in [0, 0.05) is 12.8 Å². The Morgan fingerprint density at radius 3 is 1.70 bits per heavy atom. The molecule has 0 radical (unpaired) electrons. The van der Waals surface area contributed by atoms with Crippen LogP contribution in [0.2, 0.25) is 0 Å². The topological polar surface area (TPSA) is 72.8 Å². The summed E-state index contributed by atoms with van der Waals surface area (Å²) in [6.07, 6.45) is 24.1. The van der Waals surface area contributed by atoms with Crippen molar-refractivity contribution in [2.75, 3.05) is 13.2 Å². The van der Waals surface area contributed by atoms with Gasteiger partial charge in [-0.3, -0.25) is 9.59 Å². The third-order valence-corrected chi connectivity index (χ3v) is 5.81. The molecule has 0 saturated heterocycles. The smallest absolute Gasteiger partial charge is 0.306 e. The van der Waals surface area contributed by atoms with Gasteiger partial charge in [-0.2, -0.15) is 0 Å². The van der Waals surface area contributed by atoms with Gasteiger partial charge in [0.25, 0.3) is 0 Å². The van der Waals surface area contributed by atoms with E-state index in [1.165, 1.54) is 64.2 Å². The summed E-state index contributed by atoms with van der Waals surface area (Å²) < 4.78 is 10.4. The van der Waals surface area contributed by atoms with Gasteiger partial charge in [0.2, 0.25) is 0 Å². The lowest BCUT2D eigenvalue weighted by atomic mass is 10.1. The van der Waals surface area contributed by atoms with Gasteiger partial charge in [0.15, 0.2) is 6.10 Å². The fraction of sp³-hybridized carbons (Fsp3) is 0.857. The summed E-state index contributed by atoms with van der Waals surface area (Å²) in [5, 5.41) is 9.40. The molecule has 0 rings (SSSR count). The number of carbonyl (C=O) groups excluding carboxylic acids is 2. The number of allylic oxidation sites excluding steroid dienone is 2. The summed E-state index contributed by atoms with van der Waals surface area (Å²) in [7, 11) is 0. The predicted octanol–water partition coefficient (Wildman–Crippen LogP) is 7.44. The monoisotopic (exact) mass is 468 g/mol. The van der Waals surface area contributed by atoms with Crippen molar-refractivity contribution in [2.45, 2.75) is 142 Å². The molecule has 0 spiro atoms. The van der Waals surface area contributed by atoms with E-state index >= 15 is 0 Å². The number of aliphatic hydroxyl groups excluding tert-OH is 1. The van der Waals surface area contributed by atoms with Crippen LogP contribution in [0.15, 0.2) is 12.2 Å². The average molecular weight is 469 g/mol. The average Bonchev–Trinajstić information content (AvgIpc) is 2.81. The highest BCUT2D eigenvalue weighted by Crippen LogP contribution is 2.11. The van der Waals surface area contributed by atoms with Gasteiger partial charge < -0.3 is 14.6 Å². The highest BCUT2D eigenvalue weighted by Gasteiger charge is 2.16. The lowest BCUT2D eigenvalue weighted by Crippen LogP contribution is -2.28. The molecule has 5 nitrogen and oxygen atoms in total. The van der Waals surface area contributed by atoms with E-state index in [-0.39, 0.29) is 25.2 Å². The van der Waals surface area contributed by atoms with Crippen LogP contribution in [0.5, 0.6) is 0 Å². The van der Waals surface area contributed by atoms with Crippen molar-refractivity contribution in [3.8, 4) is 0 Å². The Hall–Kier alpha value is -1.36. The molecule has 1 N–H and O–H groups in total. The summed E-state index contributed by atoms with van der Waals surface area (Å²) in [6.45, 7) is 4.03. The lowest BCUT2D eigenvalue weighted by Gasteiger charge is -2.15. The maximum Gasteiger partial charge on any atom is 0.306 e. The zero-order valence-corrected chi connectivity index (χ0v) is 21.7. The fourth-order valence-electron chi connectivity index (χ4n) is 3.66. The maximum atomic E-state index is 12.0. The summed E-state index contributed by atoms with van der Waals surface area (Å²) in [4.78, 5) is 23.8. The van der Waals surface area contributed by atoms with Crippen LogP contribution in [0, 0.1) is 0 Å². The van der Waals surface area contributed by atoms with Gasteiger partial charge in [-0.1, -0.05) is 96.6 Å². The Morgan fingerprint density at radius 2 is 1.12 bits per heavy atom. The molecule has 0 heterocycles. The lowest BCUT2D eigenvalue weighted by molar-refractivity contribution is -0.161. The first-order chi connectivity index (χ1) is 16.1. The third-order valence-electron chi connectivity index (χ3n) is 5.81. The van der Waals surface area contributed by atoms with Gasteiger partial charge in [-0.25, -0.2) is 0 Å². The van der Waals surface area contributed by atoms with E-state index < -0.39 is 6.10 Å². The fourth-order valence-corrected chi connectivity index (χ4v) is 3.66. The second-order valence-electron chi connectivity index (χ2n) is 9.12. The van der Waals surface area contributed by atoms with Gasteiger partial charge in [0.1, 0.15) is 6.61 Å². The zero-order valence-electron chi connectivity index (χ0n) is 21.7. The number of carbonyl (C=O) groups is 2. The molecule has 0 bridgehead atoms. The Morgan fingerprint density at radius 1 is 0.667 bits per heavy atom. The minimum Gasteiger partial charge on any atom is -0.462 e. The highest BCUT2D eigenvalue weighted by molar-refractivity contribution is 5.70. The quantitative estimate of drug-likeness (QED) is 0.0905. The van der Waals surface area contributed by atoms with Crippen LogP contribution >= 0.6 is 0 Å². The molecule has 0 aliphatic heterocycles. The van der Waals surface area contributed by atoms with Crippen molar-refractivity contribution >= 4 is 11.9 Å². The first-order valence-corrected chi connectivity index (χ1v) is 13.7. The number of hydrogen-bond acceptors (Lipinski definition) is 5. The van der Waals surface area contributed by atoms with E-state index in [9.17, 15) is 14.7 Å². The third kappa shape index (κ3) is 23.6. The van der Waals surface area contributed by atoms with E-state index in [1.807, 2.05) is 0 Å². The molecule has 5 heteroatoms. The van der Waals surface area contributed by atoms with Crippen molar-refractivity contribution in [3.63, 3.8) is 0 Å². The van der Waals surface area contributed by atoms with Crippen LogP contribution in [-0.2, 0) is 19.1 Å². The van der Waals surface area contributed by atoms with Crippen LogP contribution in [0.3, 0.4) is 0 Å². The second kappa shape index (κ2) is 25.3. The molecule has 0 aliphatic rings.